The SMILES string of the molecule is CCC(=O)NCCN1C(=O)C(C)(CO)Oc2cc(C(F)(F)F)c(C(=O)N(C(C)C)[C@@H]3CCCN(C(=O)OCc4oc(=O)oc4O)C3)cc21. The first kappa shape index (κ1) is 36.1. The first-order valence-corrected chi connectivity index (χ1v) is 15.2. The number of amides is 4. The van der Waals surface area contributed by atoms with Crippen LogP contribution in [0.2, 0.25) is 0 Å². The summed E-state index contributed by atoms with van der Waals surface area (Å²) in [6.07, 6.45) is -5.09. The topological polar surface area (TPSA) is 192 Å². The summed E-state index contributed by atoms with van der Waals surface area (Å²) < 4.78 is 63.3. The highest BCUT2D eigenvalue weighted by molar-refractivity contribution is 6.05. The van der Waals surface area contributed by atoms with Gasteiger partial charge < -0.3 is 48.5 Å². The smallest absolute Gasteiger partial charge is 0.478 e. The van der Waals surface area contributed by atoms with Crippen LogP contribution < -0.4 is 20.8 Å². The van der Waals surface area contributed by atoms with Gasteiger partial charge in [-0.05, 0) is 45.7 Å². The van der Waals surface area contributed by atoms with Crippen LogP contribution in [-0.4, -0.2) is 94.3 Å². The molecule has 0 radical (unpaired) electrons. The predicted octanol–water partition coefficient (Wildman–Crippen LogP) is 2.61. The zero-order valence-corrected chi connectivity index (χ0v) is 26.7. The molecule has 2 aliphatic heterocycles. The third-order valence-electron chi connectivity index (χ3n) is 8.03. The fourth-order valence-corrected chi connectivity index (χ4v) is 5.63. The molecule has 1 unspecified atom stereocenters. The van der Waals surface area contributed by atoms with Gasteiger partial charge in [-0.15, -0.1) is 0 Å². The molecule has 18 heteroatoms. The van der Waals surface area contributed by atoms with E-state index in [0.717, 1.165) is 11.0 Å². The molecule has 2 atom stereocenters. The number of aliphatic hydroxyl groups excluding tert-OH is 1. The number of nitrogens with zero attached hydrogens (tertiary/aromatic N) is 3. The fourth-order valence-electron chi connectivity index (χ4n) is 5.63. The number of anilines is 1. The third-order valence-corrected chi connectivity index (χ3v) is 8.03. The quantitative estimate of drug-likeness (QED) is 0.333. The van der Waals surface area contributed by atoms with Crippen molar-refractivity contribution in [3.05, 3.63) is 39.6 Å². The summed E-state index contributed by atoms with van der Waals surface area (Å²) in [5.41, 5.74) is -4.19. The van der Waals surface area contributed by atoms with E-state index in [-0.39, 0.29) is 49.9 Å². The molecule has 2 aliphatic rings. The van der Waals surface area contributed by atoms with Crippen LogP contribution in [0, 0.1) is 0 Å². The van der Waals surface area contributed by atoms with Crippen molar-refractivity contribution in [2.45, 2.75) is 77.4 Å². The van der Waals surface area contributed by atoms with Crippen molar-refractivity contribution in [3.8, 4) is 11.7 Å². The number of aromatic hydroxyl groups is 1. The van der Waals surface area contributed by atoms with Crippen LogP contribution in [-0.2, 0) is 27.1 Å². The summed E-state index contributed by atoms with van der Waals surface area (Å²) in [6.45, 7) is 4.37. The molecular weight excluding hydrogens is 649 g/mol. The predicted molar refractivity (Wildman–Crippen MR) is 158 cm³/mol. The van der Waals surface area contributed by atoms with Crippen LogP contribution in [0.4, 0.5) is 23.7 Å². The zero-order valence-electron chi connectivity index (χ0n) is 26.7. The second-order valence-corrected chi connectivity index (χ2v) is 11.8. The molecule has 0 aliphatic carbocycles. The Morgan fingerprint density at radius 1 is 1.21 bits per heavy atom. The van der Waals surface area contributed by atoms with E-state index >= 15 is 0 Å². The Hall–Kier alpha value is -4.74. The molecule has 0 bridgehead atoms. The van der Waals surface area contributed by atoms with Gasteiger partial charge >= 0.3 is 24.0 Å². The Balaban J connectivity index is 1.67. The van der Waals surface area contributed by atoms with Crippen molar-refractivity contribution in [2.24, 2.45) is 0 Å². The van der Waals surface area contributed by atoms with Gasteiger partial charge in [-0.2, -0.15) is 13.2 Å². The molecule has 48 heavy (non-hydrogen) atoms. The lowest BCUT2D eigenvalue weighted by Gasteiger charge is -2.42. The molecule has 3 N–H and O–H groups in total. The number of aliphatic hydroxyl groups is 1. The summed E-state index contributed by atoms with van der Waals surface area (Å²) in [4.78, 5) is 66.9. The number of hydrogen-bond acceptors (Lipinski definition) is 11. The Morgan fingerprint density at radius 2 is 1.92 bits per heavy atom. The molecule has 264 valence electrons. The first-order chi connectivity index (χ1) is 22.5. The Bertz CT molecular complexity index is 1600. The van der Waals surface area contributed by atoms with Crippen molar-refractivity contribution in [1.29, 1.82) is 0 Å². The highest BCUT2D eigenvalue weighted by atomic mass is 19.4. The molecule has 3 heterocycles. The van der Waals surface area contributed by atoms with Crippen molar-refractivity contribution in [2.75, 3.05) is 37.7 Å². The second kappa shape index (κ2) is 14.2. The van der Waals surface area contributed by atoms with Gasteiger partial charge in [-0.25, -0.2) is 9.59 Å². The molecular formula is C30H37F3N4O11. The average Bonchev–Trinajstić information content (AvgIpc) is 3.36. The van der Waals surface area contributed by atoms with Gasteiger partial charge in [0.25, 0.3) is 11.8 Å². The van der Waals surface area contributed by atoms with Gasteiger partial charge in [0.1, 0.15) is 5.75 Å². The van der Waals surface area contributed by atoms with Gasteiger partial charge in [0.2, 0.25) is 17.3 Å². The van der Waals surface area contributed by atoms with Gasteiger partial charge in [-0.3, -0.25) is 14.4 Å². The molecule has 0 spiro atoms. The largest absolute Gasteiger partial charge is 0.522 e. The molecule has 1 fully saturated rings. The van der Waals surface area contributed by atoms with Crippen LogP contribution in [0.1, 0.15) is 68.6 Å². The lowest BCUT2D eigenvalue weighted by molar-refractivity contribution is -0.139. The van der Waals surface area contributed by atoms with E-state index in [4.69, 9.17) is 9.47 Å². The standard InChI is InChI=1S/C30H37F3N4O11/c1-5-23(39)34-8-10-36-20-11-18(19(30(31,32)33)12-21(20)48-29(4,15-38)26(36)42)24(40)37(16(2)3)17-7-6-9-35(13-17)27(43)45-14-22-25(41)47-28(44)46-22/h11-12,16-17,38,41H,5-10,13-15H2,1-4H3,(H,34,39)/t17-,29?/m1/s1. The van der Waals surface area contributed by atoms with Gasteiger partial charge in [0, 0.05) is 38.6 Å². The molecule has 15 nitrogen and oxygen atoms in total. The molecule has 2 aromatic rings. The average molecular weight is 687 g/mol. The maximum absolute atomic E-state index is 14.6. The van der Waals surface area contributed by atoms with E-state index in [1.54, 1.807) is 20.8 Å². The van der Waals surface area contributed by atoms with Crippen molar-refractivity contribution in [3.63, 3.8) is 0 Å². The molecule has 4 amide bonds. The number of ether oxygens (including phenoxy) is 2. The number of likely N-dealkylation sites (tertiary alicyclic amines) is 1. The summed E-state index contributed by atoms with van der Waals surface area (Å²) in [7, 11) is 0. The summed E-state index contributed by atoms with van der Waals surface area (Å²) in [5, 5.41) is 22.1. The van der Waals surface area contributed by atoms with E-state index in [0.29, 0.717) is 18.9 Å². The number of fused-ring (bicyclic) bond motifs is 1. The summed E-state index contributed by atoms with van der Waals surface area (Å²) >= 11 is 0. The Labute approximate surface area is 272 Å². The summed E-state index contributed by atoms with van der Waals surface area (Å²) in [5.74, 6) is -5.00. The number of nitrogens with one attached hydrogen (secondary N) is 1. The zero-order chi connectivity index (χ0) is 35.6. The molecule has 0 saturated carbocycles. The van der Waals surface area contributed by atoms with Crippen molar-refractivity contribution < 1.29 is 60.9 Å². The van der Waals surface area contributed by atoms with E-state index in [2.05, 4.69) is 14.2 Å². The number of halogens is 3. The number of benzene rings is 1. The number of rotatable bonds is 10. The Kier molecular flexibility index (Phi) is 10.7. The highest BCUT2D eigenvalue weighted by Crippen LogP contribution is 2.44. The van der Waals surface area contributed by atoms with Crippen LogP contribution in [0.5, 0.6) is 11.7 Å². The number of hydrogen-bond donors (Lipinski definition) is 3. The first-order valence-electron chi connectivity index (χ1n) is 15.2. The maximum atomic E-state index is 14.6. The van der Waals surface area contributed by atoms with Crippen LogP contribution >= 0.6 is 0 Å². The summed E-state index contributed by atoms with van der Waals surface area (Å²) in [6, 6.07) is 0.135. The van der Waals surface area contributed by atoms with Crippen LogP contribution in [0.25, 0.3) is 0 Å². The number of piperidine rings is 1. The van der Waals surface area contributed by atoms with Gasteiger partial charge in [-0.1, -0.05) is 6.92 Å². The maximum Gasteiger partial charge on any atom is 0.522 e. The highest BCUT2D eigenvalue weighted by Gasteiger charge is 2.47. The minimum atomic E-state index is -5.04. The second-order valence-electron chi connectivity index (χ2n) is 11.8. The minimum absolute atomic E-state index is 0.0673. The third kappa shape index (κ3) is 7.53. The fraction of sp³-hybridized carbons (Fsp3) is 0.567. The molecule has 1 aromatic carbocycles. The normalized spacial score (nSPS) is 19.5. The number of alkyl halides is 3. The van der Waals surface area contributed by atoms with Crippen molar-refractivity contribution in [1.82, 2.24) is 15.1 Å². The molecule has 1 saturated heterocycles. The van der Waals surface area contributed by atoms with Crippen LogP contribution in [0.3, 0.4) is 0 Å². The Morgan fingerprint density at radius 3 is 2.50 bits per heavy atom. The monoisotopic (exact) mass is 686 g/mol. The van der Waals surface area contributed by atoms with E-state index in [1.807, 2.05) is 0 Å². The van der Waals surface area contributed by atoms with Gasteiger partial charge in [0.05, 0.1) is 29.5 Å². The molecule has 4 rings (SSSR count). The minimum Gasteiger partial charge on any atom is -0.478 e. The van der Waals surface area contributed by atoms with Crippen LogP contribution in [0.15, 0.2) is 25.8 Å². The number of carbonyl (C=O) groups excluding carboxylic acids is 4. The van der Waals surface area contributed by atoms with Crippen molar-refractivity contribution >= 4 is 29.5 Å². The van der Waals surface area contributed by atoms with E-state index in [1.165, 1.54) is 16.7 Å². The lowest BCUT2D eigenvalue weighted by Crippen LogP contribution is -2.58. The van der Waals surface area contributed by atoms with E-state index in [9.17, 15) is 47.4 Å². The van der Waals surface area contributed by atoms with Gasteiger partial charge in [0.15, 0.2) is 6.61 Å². The van der Waals surface area contributed by atoms with E-state index < -0.39 is 83.6 Å². The number of carbonyl (C=O) groups is 4. The molecule has 1 aromatic heterocycles. The lowest BCUT2D eigenvalue weighted by atomic mass is 9.96.